The first-order valence-electron chi connectivity index (χ1n) is 20.7. The number of hydrogen-bond acceptors (Lipinski definition) is 8. The van der Waals surface area contributed by atoms with Gasteiger partial charge in [0.15, 0.2) is 0 Å². The van der Waals surface area contributed by atoms with E-state index in [4.69, 9.17) is 4.74 Å². The Morgan fingerprint density at radius 1 is 0.759 bits per heavy atom. The fraction of sp³-hybridized carbons (Fsp3) is 0.568. The molecular formula is C44H58N6O8. The van der Waals surface area contributed by atoms with Gasteiger partial charge in [-0.3, -0.25) is 28.8 Å². The molecule has 2 aromatic carbocycles. The number of esters is 1. The Morgan fingerprint density at radius 3 is 2.12 bits per heavy atom. The van der Waals surface area contributed by atoms with E-state index in [-0.39, 0.29) is 37.8 Å². The minimum absolute atomic E-state index is 0.0218. The Bertz CT molecular complexity index is 1900. The molecule has 0 aliphatic carbocycles. The van der Waals surface area contributed by atoms with Crippen molar-refractivity contribution in [2.24, 2.45) is 5.92 Å². The van der Waals surface area contributed by atoms with Crippen molar-refractivity contribution in [3.63, 3.8) is 0 Å². The number of carbonyl (C=O) groups excluding carboxylic acids is 7. The molecular weight excluding hydrogens is 741 g/mol. The van der Waals surface area contributed by atoms with E-state index < -0.39 is 77.9 Å². The molecule has 8 atom stereocenters. The molecule has 4 aliphatic heterocycles. The lowest BCUT2D eigenvalue weighted by Gasteiger charge is -2.39. The summed E-state index contributed by atoms with van der Waals surface area (Å²) in [6.07, 6.45) is 1.87. The predicted octanol–water partition coefficient (Wildman–Crippen LogP) is 2.43. The summed E-state index contributed by atoms with van der Waals surface area (Å²) in [6.45, 7) is 11.6. The van der Waals surface area contributed by atoms with Gasteiger partial charge in [0.05, 0.1) is 6.42 Å². The Labute approximate surface area is 340 Å². The normalized spacial score (nSPS) is 27.6. The number of rotatable bonds is 7. The van der Waals surface area contributed by atoms with Crippen LogP contribution in [-0.4, -0.2) is 118 Å². The quantitative estimate of drug-likeness (QED) is 0.359. The summed E-state index contributed by atoms with van der Waals surface area (Å²) in [4.78, 5) is 103. The van der Waals surface area contributed by atoms with Gasteiger partial charge in [-0.2, -0.15) is 0 Å². The molecule has 14 nitrogen and oxygen atoms in total. The SMILES string of the molecule is Cc1ccc(CC(=O)N[C@@H](Cc2cc(C)cc(C)c2)C(=O)N[C@@H]2C(=O)N3CCC[C@H]3C(=O)N3CCCC[C@H]3C(=O)N[C@@H](C)C(=O)N3C[C@H](C)C[C@H]3C(=O)O[C@H]2C)cc1. The number of fused-ring (bicyclic) bond motifs is 3. The zero-order chi connectivity index (χ0) is 41.8. The summed E-state index contributed by atoms with van der Waals surface area (Å²) in [6, 6.07) is 7.15. The van der Waals surface area contributed by atoms with Crippen molar-refractivity contribution in [1.29, 1.82) is 0 Å². The minimum Gasteiger partial charge on any atom is -0.458 e. The predicted molar refractivity (Wildman–Crippen MR) is 215 cm³/mol. The van der Waals surface area contributed by atoms with E-state index in [1.807, 2.05) is 70.2 Å². The van der Waals surface area contributed by atoms with Crippen LogP contribution in [-0.2, 0) is 51.1 Å². The van der Waals surface area contributed by atoms with E-state index in [9.17, 15) is 33.6 Å². The van der Waals surface area contributed by atoms with Crippen molar-refractivity contribution >= 4 is 41.4 Å². The Balaban J connectivity index is 1.34. The fourth-order valence-corrected chi connectivity index (χ4v) is 8.99. The molecule has 4 saturated heterocycles. The molecule has 58 heavy (non-hydrogen) atoms. The molecule has 2 aromatic rings. The number of nitrogens with zero attached hydrogens (tertiary/aromatic N) is 3. The van der Waals surface area contributed by atoms with Gasteiger partial charge in [-0.15, -0.1) is 0 Å². The highest BCUT2D eigenvalue weighted by atomic mass is 16.5. The first-order chi connectivity index (χ1) is 27.6. The number of carbonyl (C=O) groups is 7. The van der Waals surface area contributed by atoms with E-state index >= 15 is 0 Å². The number of ether oxygens (including phenoxy) is 1. The molecule has 0 saturated carbocycles. The zero-order valence-corrected chi connectivity index (χ0v) is 34.5. The number of piperidine rings is 1. The van der Waals surface area contributed by atoms with Gasteiger partial charge in [-0.1, -0.05) is 66.1 Å². The molecule has 4 aliphatic rings. The highest BCUT2D eigenvalue weighted by Crippen LogP contribution is 2.29. The van der Waals surface area contributed by atoms with Crippen molar-refractivity contribution in [2.45, 2.75) is 135 Å². The smallest absolute Gasteiger partial charge is 0.329 e. The molecule has 6 amide bonds. The summed E-state index contributed by atoms with van der Waals surface area (Å²) in [5, 5.41) is 8.56. The Morgan fingerprint density at radius 2 is 1.41 bits per heavy atom. The van der Waals surface area contributed by atoms with Crippen LogP contribution in [0.1, 0.15) is 87.1 Å². The maximum absolute atomic E-state index is 14.8. The van der Waals surface area contributed by atoms with Gasteiger partial charge in [-0.25, -0.2) is 4.79 Å². The molecule has 0 radical (unpaired) electrons. The summed E-state index contributed by atoms with van der Waals surface area (Å²) in [7, 11) is 0. The summed E-state index contributed by atoms with van der Waals surface area (Å²) < 4.78 is 6.00. The van der Waals surface area contributed by atoms with Gasteiger partial charge in [0.2, 0.25) is 35.4 Å². The molecule has 14 heteroatoms. The maximum atomic E-state index is 14.8. The number of cyclic esters (lactones) is 1. The topological polar surface area (TPSA) is 175 Å². The Hall–Kier alpha value is -5.27. The molecule has 6 rings (SSSR count). The van der Waals surface area contributed by atoms with Gasteiger partial charge in [0.25, 0.3) is 0 Å². The van der Waals surface area contributed by atoms with E-state index in [0.717, 1.165) is 27.8 Å². The van der Waals surface area contributed by atoms with E-state index in [1.165, 1.54) is 21.6 Å². The van der Waals surface area contributed by atoms with Crippen LogP contribution >= 0.6 is 0 Å². The van der Waals surface area contributed by atoms with E-state index in [2.05, 4.69) is 16.0 Å². The lowest BCUT2D eigenvalue weighted by atomic mass is 9.98. The highest BCUT2D eigenvalue weighted by Gasteiger charge is 2.47. The second kappa shape index (κ2) is 18.1. The number of hydrogen-bond donors (Lipinski definition) is 3. The van der Waals surface area contributed by atoms with Crippen LogP contribution in [0.3, 0.4) is 0 Å². The fourth-order valence-electron chi connectivity index (χ4n) is 8.99. The lowest BCUT2D eigenvalue weighted by molar-refractivity contribution is -0.163. The molecule has 0 aromatic heterocycles. The molecule has 4 fully saturated rings. The third-order valence-corrected chi connectivity index (χ3v) is 11.9. The Kier molecular flexibility index (Phi) is 13.2. The minimum atomic E-state index is -1.45. The monoisotopic (exact) mass is 798 g/mol. The van der Waals surface area contributed by atoms with Crippen LogP contribution in [0.5, 0.6) is 0 Å². The number of aryl methyl sites for hydroxylation is 3. The summed E-state index contributed by atoms with van der Waals surface area (Å²) >= 11 is 0. The van der Waals surface area contributed by atoms with Gasteiger partial charge in [-0.05, 0) is 90.2 Å². The number of benzene rings is 2. The zero-order valence-electron chi connectivity index (χ0n) is 34.5. The largest absolute Gasteiger partial charge is 0.458 e. The van der Waals surface area contributed by atoms with Crippen molar-refractivity contribution in [2.75, 3.05) is 19.6 Å². The van der Waals surface area contributed by atoms with Crippen molar-refractivity contribution in [3.05, 3.63) is 70.3 Å². The van der Waals surface area contributed by atoms with Crippen LogP contribution < -0.4 is 16.0 Å². The molecule has 3 N–H and O–H groups in total. The van der Waals surface area contributed by atoms with Gasteiger partial charge in [0.1, 0.15) is 42.4 Å². The lowest BCUT2D eigenvalue weighted by Crippen LogP contribution is -2.63. The molecule has 4 heterocycles. The maximum Gasteiger partial charge on any atom is 0.329 e. The van der Waals surface area contributed by atoms with Crippen LogP contribution in [0.25, 0.3) is 0 Å². The highest BCUT2D eigenvalue weighted by molar-refractivity contribution is 5.98. The van der Waals surface area contributed by atoms with Crippen molar-refractivity contribution in [1.82, 2.24) is 30.7 Å². The first kappa shape index (κ1) is 42.3. The standard InChI is InChI=1S/C44H58N6O8/c1-25-12-14-31(15-13-25)23-37(51)46-33(22-32-19-26(2)18-27(3)20-32)39(52)47-38-30(6)58-44(57)36-21-28(4)24-50(36)41(54)29(5)45-40(53)34-10-7-8-16-48(34)42(55)35-11-9-17-49(35)43(38)56/h12-15,18-20,28-30,33-36,38H,7-11,16-17,21-24H2,1-6H3,(H,45,53)(H,46,51)(H,47,52)/t28-,29+,30+,33+,34+,35+,36+,38+/m1/s1. The number of amides is 6. The molecule has 312 valence electrons. The van der Waals surface area contributed by atoms with E-state index in [1.54, 1.807) is 6.92 Å². The van der Waals surface area contributed by atoms with Crippen LogP contribution in [0, 0.1) is 26.7 Å². The van der Waals surface area contributed by atoms with E-state index in [0.29, 0.717) is 45.1 Å². The van der Waals surface area contributed by atoms with Crippen LogP contribution in [0.15, 0.2) is 42.5 Å². The molecule has 0 bridgehead atoms. The van der Waals surface area contributed by atoms with Crippen LogP contribution in [0.4, 0.5) is 0 Å². The van der Waals surface area contributed by atoms with Gasteiger partial charge < -0.3 is 35.4 Å². The molecule has 0 unspecified atom stereocenters. The number of nitrogens with one attached hydrogen (secondary N) is 3. The van der Waals surface area contributed by atoms with Crippen molar-refractivity contribution < 1.29 is 38.3 Å². The second-order valence-corrected chi connectivity index (χ2v) is 16.9. The average molecular weight is 799 g/mol. The molecule has 0 spiro atoms. The second-order valence-electron chi connectivity index (χ2n) is 16.9. The first-order valence-corrected chi connectivity index (χ1v) is 20.7. The van der Waals surface area contributed by atoms with Gasteiger partial charge >= 0.3 is 5.97 Å². The summed E-state index contributed by atoms with van der Waals surface area (Å²) in [5.41, 5.74) is 4.58. The van der Waals surface area contributed by atoms with Gasteiger partial charge in [0, 0.05) is 26.1 Å². The average Bonchev–Trinajstić information content (AvgIpc) is 3.83. The van der Waals surface area contributed by atoms with Crippen LogP contribution in [0.2, 0.25) is 0 Å². The third kappa shape index (κ3) is 9.70. The van der Waals surface area contributed by atoms with Crippen molar-refractivity contribution in [3.8, 4) is 0 Å². The third-order valence-electron chi connectivity index (χ3n) is 11.9. The summed E-state index contributed by atoms with van der Waals surface area (Å²) in [5.74, 6) is -3.76.